The van der Waals surface area contributed by atoms with Gasteiger partial charge in [0, 0.05) is 31.2 Å². The third-order valence-corrected chi connectivity index (χ3v) is 4.21. The number of hydrogen-bond donors (Lipinski definition) is 1. The maximum absolute atomic E-state index is 12.6. The van der Waals surface area contributed by atoms with Crippen molar-refractivity contribution in [1.82, 2.24) is 15.0 Å². The first-order valence-corrected chi connectivity index (χ1v) is 7.11. The Labute approximate surface area is 117 Å². The number of ether oxygens (including phenoxy) is 1. The van der Waals surface area contributed by atoms with Crippen molar-refractivity contribution in [2.24, 2.45) is 11.8 Å². The van der Waals surface area contributed by atoms with Gasteiger partial charge in [0.05, 0.1) is 0 Å². The molecule has 20 heavy (non-hydrogen) atoms. The van der Waals surface area contributed by atoms with Crippen LogP contribution in [0.4, 0.5) is 0 Å². The van der Waals surface area contributed by atoms with Crippen LogP contribution in [0.15, 0.2) is 18.6 Å². The summed E-state index contributed by atoms with van der Waals surface area (Å²) in [4.78, 5) is 24.0. The number of rotatable bonds is 4. The van der Waals surface area contributed by atoms with Gasteiger partial charge in [0.1, 0.15) is 17.7 Å². The Balaban J connectivity index is 1.75. The second kappa shape index (κ2) is 5.71. The van der Waals surface area contributed by atoms with Crippen LogP contribution < -0.4 is 0 Å². The molecule has 0 saturated heterocycles. The van der Waals surface area contributed by atoms with Crippen LogP contribution in [0.5, 0.6) is 0 Å². The zero-order valence-electron chi connectivity index (χ0n) is 11.6. The van der Waals surface area contributed by atoms with Gasteiger partial charge in [-0.1, -0.05) is 0 Å². The van der Waals surface area contributed by atoms with E-state index < -0.39 is 0 Å². The van der Waals surface area contributed by atoms with E-state index >= 15 is 0 Å². The van der Waals surface area contributed by atoms with Gasteiger partial charge < -0.3 is 9.72 Å². The van der Waals surface area contributed by atoms with Crippen molar-refractivity contribution >= 4 is 16.8 Å². The average Bonchev–Trinajstić information content (AvgIpc) is 2.96. The fourth-order valence-corrected chi connectivity index (χ4v) is 3.09. The maximum atomic E-state index is 12.6. The molecule has 2 aromatic rings. The first kappa shape index (κ1) is 13.2. The summed E-state index contributed by atoms with van der Waals surface area (Å²) >= 11 is 0. The highest BCUT2D eigenvalue weighted by atomic mass is 16.5. The number of methoxy groups -OCH3 is 1. The third-order valence-electron chi connectivity index (χ3n) is 4.21. The van der Waals surface area contributed by atoms with Crippen LogP contribution in [0.25, 0.3) is 11.0 Å². The van der Waals surface area contributed by atoms with Crippen molar-refractivity contribution < 1.29 is 9.53 Å². The molecule has 0 amide bonds. The fraction of sp³-hybridized carbons (Fsp3) is 0.533. The molecule has 0 aromatic carbocycles. The van der Waals surface area contributed by atoms with Gasteiger partial charge in [-0.2, -0.15) is 0 Å². The molecule has 1 fully saturated rings. The maximum Gasteiger partial charge on any atom is 0.185 e. The predicted octanol–water partition coefficient (Wildman–Crippen LogP) is 2.59. The van der Waals surface area contributed by atoms with Crippen LogP contribution >= 0.6 is 0 Å². The Hall–Kier alpha value is -1.75. The minimum absolute atomic E-state index is 0.0936. The topological polar surface area (TPSA) is 67.9 Å². The lowest BCUT2D eigenvalue weighted by atomic mass is 9.79. The van der Waals surface area contributed by atoms with Crippen LogP contribution in [-0.4, -0.2) is 34.5 Å². The lowest BCUT2D eigenvalue weighted by Gasteiger charge is -2.26. The standard InChI is InChI=1S/C15H19N3O2/c1-20-8-10-2-4-11(5-3-10)14(19)13-12-6-7-16-15(12)18-9-17-13/h6-7,9-11H,2-5,8H2,1H3,(H,16,17,18). The Bertz CT molecular complexity index is 600. The van der Waals surface area contributed by atoms with Crippen molar-refractivity contribution in [1.29, 1.82) is 0 Å². The smallest absolute Gasteiger partial charge is 0.185 e. The van der Waals surface area contributed by atoms with E-state index in [1.54, 1.807) is 13.3 Å². The van der Waals surface area contributed by atoms with Gasteiger partial charge in [0.25, 0.3) is 0 Å². The molecule has 0 spiro atoms. The number of carbonyl (C=O) groups excluding carboxylic acids is 1. The first-order valence-electron chi connectivity index (χ1n) is 7.11. The molecule has 2 heterocycles. The summed E-state index contributed by atoms with van der Waals surface area (Å²) in [5.74, 6) is 0.852. The molecule has 0 radical (unpaired) electrons. The molecule has 0 aliphatic heterocycles. The van der Waals surface area contributed by atoms with E-state index in [0.717, 1.165) is 43.3 Å². The van der Waals surface area contributed by atoms with E-state index in [4.69, 9.17) is 4.74 Å². The van der Waals surface area contributed by atoms with Gasteiger partial charge in [-0.3, -0.25) is 4.79 Å². The van der Waals surface area contributed by atoms with E-state index in [1.165, 1.54) is 6.33 Å². The van der Waals surface area contributed by atoms with E-state index in [1.807, 2.05) is 6.07 Å². The molecule has 1 N–H and O–H groups in total. The van der Waals surface area contributed by atoms with E-state index in [0.29, 0.717) is 11.6 Å². The molecule has 5 heteroatoms. The third kappa shape index (κ3) is 2.45. The van der Waals surface area contributed by atoms with Crippen molar-refractivity contribution in [3.05, 3.63) is 24.3 Å². The zero-order chi connectivity index (χ0) is 13.9. The number of nitrogens with zero attached hydrogens (tertiary/aromatic N) is 2. The number of aromatic nitrogens is 3. The fourth-order valence-electron chi connectivity index (χ4n) is 3.09. The van der Waals surface area contributed by atoms with Gasteiger partial charge in [0.15, 0.2) is 5.78 Å². The number of hydrogen-bond acceptors (Lipinski definition) is 4. The quantitative estimate of drug-likeness (QED) is 0.869. The Morgan fingerprint density at radius 2 is 2.15 bits per heavy atom. The summed E-state index contributed by atoms with van der Waals surface area (Å²) < 4.78 is 5.20. The minimum Gasteiger partial charge on any atom is -0.384 e. The number of aromatic amines is 1. The molecule has 1 aliphatic carbocycles. The lowest BCUT2D eigenvalue weighted by molar-refractivity contribution is 0.0810. The SMILES string of the molecule is COCC1CCC(C(=O)c2ncnc3[nH]ccc23)CC1. The van der Waals surface area contributed by atoms with E-state index in [-0.39, 0.29) is 11.7 Å². The molecule has 3 rings (SSSR count). The summed E-state index contributed by atoms with van der Waals surface area (Å²) in [6.07, 6.45) is 7.25. The Kier molecular flexibility index (Phi) is 3.78. The molecule has 0 unspecified atom stereocenters. The summed E-state index contributed by atoms with van der Waals surface area (Å²) in [7, 11) is 1.74. The van der Waals surface area contributed by atoms with Gasteiger partial charge in [-0.15, -0.1) is 0 Å². The Morgan fingerprint density at radius 1 is 1.35 bits per heavy atom. The van der Waals surface area contributed by atoms with Crippen LogP contribution in [0.2, 0.25) is 0 Å². The summed E-state index contributed by atoms with van der Waals surface area (Å²) in [5, 5.41) is 0.830. The lowest BCUT2D eigenvalue weighted by Crippen LogP contribution is -2.24. The number of carbonyl (C=O) groups is 1. The molecule has 0 bridgehead atoms. The molecule has 0 atom stereocenters. The molecular weight excluding hydrogens is 254 g/mol. The van der Waals surface area contributed by atoms with Crippen molar-refractivity contribution in [2.45, 2.75) is 25.7 Å². The summed E-state index contributed by atoms with van der Waals surface area (Å²) in [6.45, 7) is 0.802. The second-order valence-corrected chi connectivity index (χ2v) is 5.50. The number of ketones is 1. The predicted molar refractivity (Wildman–Crippen MR) is 75.5 cm³/mol. The zero-order valence-corrected chi connectivity index (χ0v) is 11.6. The number of nitrogens with one attached hydrogen (secondary N) is 1. The van der Waals surface area contributed by atoms with Crippen LogP contribution in [0, 0.1) is 11.8 Å². The minimum atomic E-state index is 0.0936. The summed E-state index contributed by atoms with van der Waals surface area (Å²) in [6, 6.07) is 1.87. The van der Waals surface area contributed by atoms with Gasteiger partial charge in [-0.05, 0) is 37.7 Å². The molecule has 5 nitrogen and oxygen atoms in total. The molecule has 1 aliphatic rings. The van der Waals surface area contributed by atoms with Crippen LogP contribution in [0.1, 0.15) is 36.2 Å². The molecule has 2 aromatic heterocycles. The van der Waals surface area contributed by atoms with Crippen LogP contribution in [-0.2, 0) is 4.74 Å². The number of Topliss-reactive ketones (excluding diaryl/α,β-unsaturated/α-hetero) is 1. The van der Waals surface area contributed by atoms with Crippen molar-refractivity contribution in [2.75, 3.05) is 13.7 Å². The van der Waals surface area contributed by atoms with E-state index in [2.05, 4.69) is 15.0 Å². The molecule has 106 valence electrons. The second-order valence-electron chi connectivity index (χ2n) is 5.50. The highest BCUT2D eigenvalue weighted by Gasteiger charge is 2.28. The molecular formula is C15H19N3O2. The normalized spacial score (nSPS) is 23.1. The number of H-pyrrole nitrogens is 1. The van der Waals surface area contributed by atoms with Crippen LogP contribution in [0.3, 0.4) is 0 Å². The number of fused-ring (bicyclic) bond motifs is 1. The first-order chi connectivity index (χ1) is 9.79. The molecule has 1 saturated carbocycles. The van der Waals surface area contributed by atoms with Gasteiger partial charge >= 0.3 is 0 Å². The van der Waals surface area contributed by atoms with Crippen molar-refractivity contribution in [3.8, 4) is 0 Å². The van der Waals surface area contributed by atoms with E-state index in [9.17, 15) is 4.79 Å². The summed E-state index contributed by atoms with van der Waals surface area (Å²) in [5.41, 5.74) is 1.29. The highest BCUT2D eigenvalue weighted by molar-refractivity contribution is 6.05. The largest absolute Gasteiger partial charge is 0.384 e. The van der Waals surface area contributed by atoms with Crippen molar-refractivity contribution in [3.63, 3.8) is 0 Å². The average molecular weight is 273 g/mol. The van der Waals surface area contributed by atoms with Gasteiger partial charge in [-0.25, -0.2) is 9.97 Å². The highest BCUT2D eigenvalue weighted by Crippen LogP contribution is 2.31. The Morgan fingerprint density at radius 3 is 2.90 bits per heavy atom. The monoisotopic (exact) mass is 273 g/mol. The van der Waals surface area contributed by atoms with Gasteiger partial charge in [0.2, 0.25) is 0 Å².